The molecule has 0 amide bonds. The van der Waals surface area contributed by atoms with E-state index in [1.165, 1.54) is 0 Å². The highest BCUT2D eigenvalue weighted by molar-refractivity contribution is 7.27. The zero-order valence-corrected chi connectivity index (χ0v) is 2.94. The highest BCUT2D eigenvalue weighted by Crippen LogP contribution is 1.76. The zero-order chi connectivity index (χ0) is 3.54. The van der Waals surface area contributed by atoms with Crippen LogP contribution in [0.3, 0.4) is 0 Å². The molecule has 0 aliphatic carbocycles. The molecule has 0 radical (unpaired) electrons. The van der Waals surface area contributed by atoms with Crippen LogP contribution < -0.4 is 0 Å². The normalized spacial score (nSPS) is 19.2. The predicted octanol–water partition coefficient (Wildman–Crippen LogP) is -2.08. The molecular formula is H3B3O2. The van der Waals surface area contributed by atoms with Crippen LogP contribution in [0.25, 0.3) is 0 Å². The maximum atomic E-state index is 4.44. The second kappa shape index (κ2) is 1.53. The Hall–Kier alpha value is 0.115. The van der Waals surface area contributed by atoms with Gasteiger partial charge in [0.25, 0.3) is 14.7 Å². The Morgan fingerprint density at radius 3 is 1.80 bits per heavy atom. The molecule has 0 saturated carbocycles. The Labute approximate surface area is 32.5 Å². The molecule has 0 spiro atoms. The Kier molecular flexibility index (Phi) is 1.01. The van der Waals surface area contributed by atoms with Crippen LogP contribution in [-0.4, -0.2) is 21.8 Å². The molecule has 0 unspecified atom stereocenters. The van der Waals surface area contributed by atoms with E-state index in [4.69, 9.17) is 0 Å². The van der Waals surface area contributed by atoms with Crippen LogP contribution in [0.4, 0.5) is 0 Å². The summed E-state index contributed by atoms with van der Waals surface area (Å²) in [6, 6.07) is 0. The molecule has 1 rings (SSSR count). The lowest BCUT2D eigenvalue weighted by atomic mass is 9.33. The van der Waals surface area contributed by atoms with Crippen molar-refractivity contribution in [2.75, 3.05) is 0 Å². The molecule has 0 N–H and O–H groups in total. The third-order valence-corrected chi connectivity index (χ3v) is 0.539. The van der Waals surface area contributed by atoms with E-state index in [-0.39, 0.29) is 0 Å². The van der Waals surface area contributed by atoms with E-state index >= 15 is 0 Å². The maximum absolute atomic E-state index is 4.44. The zero-order valence-electron chi connectivity index (χ0n) is 2.94. The summed E-state index contributed by atoms with van der Waals surface area (Å²) in [7, 11) is 2.61. The Morgan fingerprint density at radius 1 is 1.00 bits per heavy atom. The van der Waals surface area contributed by atoms with Crippen molar-refractivity contribution >= 4 is 21.8 Å². The van der Waals surface area contributed by atoms with Crippen molar-refractivity contribution in [2.45, 2.75) is 0 Å². The quantitative estimate of drug-likeness (QED) is 0.239. The molecule has 0 aromatic carbocycles. The minimum atomic E-state index is 0.778. The van der Waals surface area contributed by atoms with E-state index in [9.17, 15) is 0 Å². The van der Waals surface area contributed by atoms with Crippen LogP contribution in [0, 0.1) is 0 Å². The first-order valence-corrected chi connectivity index (χ1v) is 1.74. The molecule has 5 heteroatoms. The topological polar surface area (TPSA) is 18.5 Å². The summed E-state index contributed by atoms with van der Waals surface area (Å²) in [6.07, 6.45) is 0. The van der Waals surface area contributed by atoms with Gasteiger partial charge in [0.15, 0.2) is 0 Å². The van der Waals surface area contributed by atoms with Crippen molar-refractivity contribution < 1.29 is 9.61 Å². The second-order valence-corrected chi connectivity index (χ2v) is 0.998. The number of rotatable bonds is 0. The van der Waals surface area contributed by atoms with Gasteiger partial charge >= 0.3 is 0 Å². The predicted molar refractivity (Wildman–Crippen MR) is 23.6 cm³/mol. The Balaban J connectivity index is 2.08. The lowest BCUT2D eigenvalue weighted by Gasteiger charge is -1.82. The second-order valence-electron chi connectivity index (χ2n) is 0.998. The van der Waals surface area contributed by atoms with E-state index in [0.717, 1.165) is 21.8 Å². The molecule has 1 heterocycles. The van der Waals surface area contributed by atoms with E-state index in [0.29, 0.717) is 0 Å². The summed E-state index contributed by atoms with van der Waals surface area (Å²) in [6.45, 7) is 0. The highest BCUT2D eigenvalue weighted by Gasteiger charge is 2.05. The fourth-order valence-corrected chi connectivity index (χ4v) is 0.295. The lowest BCUT2D eigenvalue weighted by molar-refractivity contribution is -0.0859. The van der Waals surface area contributed by atoms with Crippen LogP contribution in [0.5, 0.6) is 0 Å². The number of hydrogen-bond acceptors (Lipinski definition) is 2. The fourth-order valence-electron chi connectivity index (χ4n) is 0.295. The van der Waals surface area contributed by atoms with Gasteiger partial charge in [-0.05, 0) is 0 Å². The molecule has 2 nitrogen and oxygen atoms in total. The molecule has 0 atom stereocenters. The molecular weight excluding hydrogens is 64.4 g/mol. The Morgan fingerprint density at radius 2 is 1.60 bits per heavy atom. The SMILES string of the molecule is B1BOOB1. The molecule has 0 aromatic rings. The van der Waals surface area contributed by atoms with E-state index < -0.39 is 0 Å². The largest absolute Gasteiger partial charge is 0.337 e. The minimum Gasteiger partial charge on any atom is -0.337 e. The van der Waals surface area contributed by atoms with Crippen molar-refractivity contribution in [3.05, 3.63) is 0 Å². The van der Waals surface area contributed by atoms with Gasteiger partial charge in [0.05, 0.1) is 0 Å². The van der Waals surface area contributed by atoms with E-state index in [2.05, 4.69) is 9.61 Å². The average Bonchev–Trinajstić information content (AvgIpc) is 1.76. The molecule has 1 aliphatic heterocycles. The van der Waals surface area contributed by atoms with Gasteiger partial charge in [-0.1, -0.05) is 0 Å². The van der Waals surface area contributed by atoms with Gasteiger partial charge < -0.3 is 9.61 Å². The van der Waals surface area contributed by atoms with Crippen molar-refractivity contribution in [1.29, 1.82) is 0 Å². The van der Waals surface area contributed by atoms with Gasteiger partial charge in [0.1, 0.15) is 7.06 Å². The standard InChI is InChI=1S/B3H3O2/c1-2-4-5-3-1/h1-3H. The summed E-state index contributed by atoms with van der Waals surface area (Å²) in [5.74, 6) is 0. The summed E-state index contributed by atoms with van der Waals surface area (Å²) in [4.78, 5) is 8.89. The van der Waals surface area contributed by atoms with Crippen LogP contribution in [-0.2, 0) is 9.61 Å². The molecule has 1 saturated heterocycles. The summed E-state index contributed by atoms with van der Waals surface area (Å²) in [5, 5.41) is 0. The van der Waals surface area contributed by atoms with Crippen molar-refractivity contribution in [2.24, 2.45) is 0 Å². The molecule has 0 aromatic heterocycles. The van der Waals surface area contributed by atoms with Crippen LogP contribution in [0.1, 0.15) is 0 Å². The minimum absolute atomic E-state index is 0.778. The van der Waals surface area contributed by atoms with Gasteiger partial charge in [-0.3, -0.25) is 0 Å². The van der Waals surface area contributed by atoms with Crippen LogP contribution in [0.2, 0.25) is 0 Å². The van der Waals surface area contributed by atoms with Crippen molar-refractivity contribution in [3.8, 4) is 0 Å². The molecule has 1 fully saturated rings. The first-order valence-electron chi connectivity index (χ1n) is 1.74. The number of hydrogen-bond donors (Lipinski definition) is 0. The average molecular weight is 67.5 g/mol. The van der Waals surface area contributed by atoms with Crippen molar-refractivity contribution in [1.82, 2.24) is 0 Å². The highest BCUT2D eigenvalue weighted by atomic mass is 17.2. The fraction of sp³-hybridized carbons (Fsp3) is 0. The Bertz CT molecular complexity index is 16.5. The first-order chi connectivity index (χ1) is 2.50. The van der Waals surface area contributed by atoms with E-state index in [1.807, 2.05) is 0 Å². The molecule has 0 bridgehead atoms. The summed E-state index contributed by atoms with van der Waals surface area (Å²) >= 11 is 0. The molecule has 1 aliphatic rings. The molecule has 24 valence electrons. The van der Waals surface area contributed by atoms with Gasteiger partial charge in [-0.25, -0.2) is 0 Å². The van der Waals surface area contributed by atoms with Gasteiger partial charge in [-0.2, -0.15) is 0 Å². The van der Waals surface area contributed by atoms with Gasteiger partial charge in [0.2, 0.25) is 0 Å². The van der Waals surface area contributed by atoms with Gasteiger partial charge in [-0.15, -0.1) is 0 Å². The van der Waals surface area contributed by atoms with Gasteiger partial charge in [0, 0.05) is 0 Å². The monoisotopic (exact) mass is 68.0 g/mol. The summed E-state index contributed by atoms with van der Waals surface area (Å²) in [5.41, 5.74) is 0. The van der Waals surface area contributed by atoms with E-state index in [1.54, 1.807) is 0 Å². The van der Waals surface area contributed by atoms with Crippen molar-refractivity contribution in [3.63, 3.8) is 0 Å². The smallest absolute Gasteiger partial charge is 0.275 e. The first kappa shape index (κ1) is 3.31. The lowest BCUT2D eigenvalue weighted by Crippen LogP contribution is -1.98. The third-order valence-electron chi connectivity index (χ3n) is 0.539. The van der Waals surface area contributed by atoms with Crippen LogP contribution >= 0.6 is 0 Å². The summed E-state index contributed by atoms with van der Waals surface area (Å²) < 4.78 is 0. The van der Waals surface area contributed by atoms with Crippen LogP contribution in [0.15, 0.2) is 0 Å². The third kappa shape index (κ3) is 0.703. The maximum Gasteiger partial charge on any atom is 0.275 e. The molecule has 5 heavy (non-hydrogen) atoms.